The van der Waals surface area contributed by atoms with Crippen LogP contribution in [-0.2, 0) is 6.42 Å². The zero-order chi connectivity index (χ0) is 13.1. The maximum atomic E-state index is 9.74. The fourth-order valence-corrected chi connectivity index (χ4v) is 1.99. The largest absolute Gasteiger partial charge is 0.508 e. The number of benzene rings is 2. The van der Waals surface area contributed by atoms with Gasteiger partial charge in [-0.3, -0.25) is 0 Å². The standard InChI is InChI=1S/C16H16O2/c1-3-4-13-9-12(6-8-16(13)18)15-10-14(17)7-5-11(15)2/h3,5-10,17-18H,1,4H2,2H3. The Labute approximate surface area is 107 Å². The van der Waals surface area contributed by atoms with Crippen LogP contribution in [0.4, 0.5) is 0 Å². The van der Waals surface area contributed by atoms with Crippen LogP contribution in [0.1, 0.15) is 11.1 Å². The summed E-state index contributed by atoms with van der Waals surface area (Å²) in [5.74, 6) is 0.519. The third kappa shape index (κ3) is 2.38. The van der Waals surface area contributed by atoms with Crippen molar-refractivity contribution in [3.05, 3.63) is 60.2 Å². The van der Waals surface area contributed by atoms with Gasteiger partial charge in [-0.25, -0.2) is 0 Å². The summed E-state index contributed by atoms with van der Waals surface area (Å²) in [4.78, 5) is 0. The fourth-order valence-electron chi connectivity index (χ4n) is 1.99. The van der Waals surface area contributed by atoms with E-state index in [0.717, 1.165) is 22.3 Å². The van der Waals surface area contributed by atoms with Crippen molar-refractivity contribution in [3.63, 3.8) is 0 Å². The molecule has 0 amide bonds. The van der Waals surface area contributed by atoms with Gasteiger partial charge >= 0.3 is 0 Å². The molecule has 2 rings (SSSR count). The molecule has 0 fully saturated rings. The maximum absolute atomic E-state index is 9.74. The molecule has 0 spiro atoms. The molecule has 2 N–H and O–H groups in total. The van der Waals surface area contributed by atoms with Gasteiger partial charge in [0.25, 0.3) is 0 Å². The molecular formula is C16H16O2. The van der Waals surface area contributed by atoms with Gasteiger partial charge in [-0.1, -0.05) is 18.2 Å². The Balaban J connectivity index is 2.53. The number of hydrogen-bond donors (Lipinski definition) is 2. The minimum absolute atomic E-state index is 0.244. The zero-order valence-electron chi connectivity index (χ0n) is 10.4. The highest BCUT2D eigenvalue weighted by Gasteiger charge is 2.06. The second-order valence-electron chi connectivity index (χ2n) is 4.34. The molecule has 0 aliphatic rings. The van der Waals surface area contributed by atoms with Crippen LogP contribution in [-0.4, -0.2) is 10.2 Å². The van der Waals surface area contributed by atoms with Crippen LogP contribution in [0.3, 0.4) is 0 Å². The van der Waals surface area contributed by atoms with Gasteiger partial charge in [0.15, 0.2) is 0 Å². The summed E-state index contributed by atoms with van der Waals surface area (Å²) in [6.07, 6.45) is 2.38. The van der Waals surface area contributed by atoms with Crippen LogP contribution in [0, 0.1) is 6.92 Å². The minimum atomic E-state index is 0.244. The second kappa shape index (κ2) is 4.96. The zero-order valence-corrected chi connectivity index (χ0v) is 10.4. The van der Waals surface area contributed by atoms with E-state index < -0.39 is 0 Å². The first-order valence-corrected chi connectivity index (χ1v) is 5.84. The lowest BCUT2D eigenvalue weighted by molar-refractivity contribution is 0.470. The van der Waals surface area contributed by atoms with Gasteiger partial charge in [-0.15, -0.1) is 6.58 Å². The molecule has 0 aliphatic carbocycles. The van der Waals surface area contributed by atoms with E-state index in [1.807, 2.05) is 25.1 Å². The van der Waals surface area contributed by atoms with E-state index in [1.165, 1.54) is 0 Å². The first kappa shape index (κ1) is 12.2. The molecule has 2 aromatic rings. The van der Waals surface area contributed by atoms with Crippen molar-refractivity contribution in [2.45, 2.75) is 13.3 Å². The number of phenolic OH excluding ortho intramolecular Hbond substituents is 2. The molecule has 0 aromatic heterocycles. The molecule has 0 atom stereocenters. The van der Waals surface area contributed by atoms with E-state index in [1.54, 1.807) is 24.3 Å². The van der Waals surface area contributed by atoms with Crippen LogP contribution in [0.2, 0.25) is 0 Å². The van der Waals surface area contributed by atoms with Crippen molar-refractivity contribution in [2.24, 2.45) is 0 Å². The fraction of sp³-hybridized carbons (Fsp3) is 0.125. The van der Waals surface area contributed by atoms with Crippen molar-refractivity contribution < 1.29 is 10.2 Å². The van der Waals surface area contributed by atoms with Gasteiger partial charge in [-0.2, -0.15) is 0 Å². The number of allylic oxidation sites excluding steroid dienone is 1. The van der Waals surface area contributed by atoms with Gasteiger partial charge < -0.3 is 10.2 Å². The molecule has 18 heavy (non-hydrogen) atoms. The monoisotopic (exact) mass is 240 g/mol. The Hall–Kier alpha value is -2.22. The summed E-state index contributed by atoms with van der Waals surface area (Å²) in [6, 6.07) is 10.7. The average Bonchev–Trinajstić information content (AvgIpc) is 2.35. The normalized spacial score (nSPS) is 10.3. The molecule has 2 nitrogen and oxygen atoms in total. The van der Waals surface area contributed by atoms with E-state index in [2.05, 4.69) is 6.58 Å². The maximum Gasteiger partial charge on any atom is 0.119 e. The molecule has 0 saturated heterocycles. The van der Waals surface area contributed by atoms with Crippen molar-refractivity contribution in [3.8, 4) is 22.6 Å². The van der Waals surface area contributed by atoms with Gasteiger partial charge in [0, 0.05) is 0 Å². The van der Waals surface area contributed by atoms with Gasteiger partial charge in [0.2, 0.25) is 0 Å². The Morgan fingerprint density at radius 1 is 1.11 bits per heavy atom. The minimum Gasteiger partial charge on any atom is -0.508 e. The predicted molar refractivity (Wildman–Crippen MR) is 73.8 cm³/mol. The highest BCUT2D eigenvalue weighted by Crippen LogP contribution is 2.30. The second-order valence-corrected chi connectivity index (χ2v) is 4.34. The van der Waals surface area contributed by atoms with Crippen LogP contribution in [0.15, 0.2) is 49.1 Å². The summed E-state index contributed by atoms with van der Waals surface area (Å²) in [7, 11) is 0. The molecular weight excluding hydrogens is 224 g/mol. The first-order valence-electron chi connectivity index (χ1n) is 5.84. The molecule has 92 valence electrons. The van der Waals surface area contributed by atoms with Gasteiger partial charge in [-0.05, 0) is 59.9 Å². The molecule has 0 bridgehead atoms. The third-order valence-corrected chi connectivity index (χ3v) is 2.98. The summed E-state index contributed by atoms with van der Waals surface area (Å²) < 4.78 is 0. The lowest BCUT2D eigenvalue weighted by atomic mass is 9.97. The summed E-state index contributed by atoms with van der Waals surface area (Å²) >= 11 is 0. The predicted octanol–water partition coefficient (Wildman–Crippen LogP) is 3.80. The third-order valence-electron chi connectivity index (χ3n) is 2.98. The molecule has 0 heterocycles. The van der Waals surface area contributed by atoms with Crippen molar-refractivity contribution in [2.75, 3.05) is 0 Å². The van der Waals surface area contributed by atoms with Crippen LogP contribution in [0.25, 0.3) is 11.1 Å². The van der Waals surface area contributed by atoms with E-state index in [4.69, 9.17) is 0 Å². The Morgan fingerprint density at radius 3 is 2.61 bits per heavy atom. The molecule has 0 unspecified atom stereocenters. The van der Waals surface area contributed by atoms with Crippen LogP contribution in [0.5, 0.6) is 11.5 Å². The van der Waals surface area contributed by atoms with Gasteiger partial charge in [0.05, 0.1) is 0 Å². The molecule has 0 radical (unpaired) electrons. The Morgan fingerprint density at radius 2 is 1.89 bits per heavy atom. The van der Waals surface area contributed by atoms with Crippen molar-refractivity contribution in [1.82, 2.24) is 0 Å². The topological polar surface area (TPSA) is 40.5 Å². The lowest BCUT2D eigenvalue weighted by Gasteiger charge is -2.09. The summed E-state index contributed by atoms with van der Waals surface area (Å²) in [5, 5.41) is 19.3. The number of rotatable bonds is 3. The van der Waals surface area contributed by atoms with Crippen molar-refractivity contribution in [1.29, 1.82) is 0 Å². The number of aromatic hydroxyl groups is 2. The summed E-state index contributed by atoms with van der Waals surface area (Å²) in [5.41, 5.74) is 3.88. The molecule has 0 saturated carbocycles. The quantitative estimate of drug-likeness (QED) is 0.801. The Bertz CT molecular complexity index is 586. The molecule has 2 aromatic carbocycles. The number of hydrogen-bond acceptors (Lipinski definition) is 2. The van der Waals surface area contributed by atoms with E-state index in [0.29, 0.717) is 6.42 Å². The van der Waals surface area contributed by atoms with Crippen LogP contribution < -0.4 is 0 Å². The SMILES string of the molecule is C=CCc1cc(-c2cc(O)ccc2C)ccc1O. The number of phenols is 2. The Kier molecular flexibility index (Phi) is 3.38. The van der Waals surface area contributed by atoms with Crippen molar-refractivity contribution >= 4 is 0 Å². The van der Waals surface area contributed by atoms with E-state index >= 15 is 0 Å². The van der Waals surface area contributed by atoms with E-state index in [-0.39, 0.29) is 11.5 Å². The van der Waals surface area contributed by atoms with Gasteiger partial charge in [0.1, 0.15) is 11.5 Å². The summed E-state index contributed by atoms with van der Waals surface area (Å²) in [6.45, 7) is 5.67. The average molecular weight is 240 g/mol. The first-order chi connectivity index (χ1) is 8.61. The van der Waals surface area contributed by atoms with E-state index in [9.17, 15) is 10.2 Å². The highest BCUT2D eigenvalue weighted by atomic mass is 16.3. The van der Waals surface area contributed by atoms with Crippen LogP contribution >= 0.6 is 0 Å². The smallest absolute Gasteiger partial charge is 0.119 e. The highest BCUT2D eigenvalue weighted by molar-refractivity contribution is 5.70. The molecule has 2 heteroatoms. The lowest BCUT2D eigenvalue weighted by Crippen LogP contribution is -1.87. The number of aryl methyl sites for hydroxylation is 1. The molecule has 0 aliphatic heterocycles.